The Kier molecular flexibility index (Phi) is 9.16. The Morgan fingerprint density at radius 1 is 1.26 bits per heavy atom. The molecule has 0 radical (unpaired) electrons. The van der Waals surface area contributed by atoms with Crippen LogP contribution in [0.4, 0.5) is 0 Å². The van der Waals surface area contributed by atoms with Crippen molar-refractivity contribution in [2.75, 3.05) is 47.4 Å². The number of amides is 1. The normalized spacial score (nSPS) is 12.3. The molecule has 0 bridgehead atoms. The zero-order valence-corrected chi connectivity index (χ0v) is 12.5. The van der Waals surface area contributed by atoms with Gasteiger partial charge in [0.05, 0.1) is 13.0 Å². The molecule has 1 unspecified atom stereocenters. The van der Waals surface area contributed by atoms with Crippen LogP contribution in [0, 0.1) is 5.92 Å². The summed E-state index contributed by atoms with van der Waals surface area (Å²) in [5, 5.41) is 0. The van der Waals surface area contributed by atoms with Crippen molar-refractivity contribution in [2.24, 2.45) is 11.7 Å². The van der Waals surface area contributed by atoms with Crippen molar-refractivity contribution >= 4 is 11.9 Å². The Morgan fingerprint density at radius 3 is 2.42 bits per heavy atom. The minimum Gasteiger partial charge on any atom is -0.469 e. The molecule has 0 rings (SSSR count). The Bertz CT molecular complexity index is 284. The lowest BCUT2D eigenvalue weighted by molar-refractivity contribution is -0.145. The highest BCUT2D eigenvalue weighted by Crippen LogP contribution is 2.02. The monoisotopic (exact) mass is 273 g/mol. The second-order valence-electron chi connectivity index (χ2n) is 4.89. The molecule has 0 aliphatic rings. The van der Waals surface area contributed by atoms with Crippen molar-refractivity contribution in [2.45, 2.75) is 19.8 Å². The maximum absolute atomic E-state index is 11.8. The smallest absolute Gasteiger partial charge is 0.309 e. The van der Waals surface area contributed by atoms with E-state index < -0.39 is 0 Å². The van der Waals surface area contributed by atoms with Gasteiger partial charge in [-0.05, 0) is 20.0 Å². The SMILES string of the molecule is COC(=O)C(C)CN(C)CCC(=O)N(C)CCCN. The Balaban J connectivity index is 3.92. The molecule has 19 heavy (non-hydrogen) atoms. The second kappa shape index (κ2) is 9.75. The predicted molar refractivity (Wildman–Crippen MR) is 74.6 cm³/mol. The molecule has 1 atom stereocenters. The fraction of sp³-hybridized carbons (Fsp3) is 0.846. The third kappa shape index (κ3) is 7.79. The van der Waals surface area contributed by atoms with E-state index in [0.29, 0.717) is 32.6 Å². The van der Waals surface area contributed by atoms with E-state index in [1.807, 2.05) is 18.9 Å². The lowest BCUT2D eigenvalue weighted by atomic mass is 10.1. The number of hydrogen-bond acceptors (Lipinski definition) is 5. The van der Waals surface area contributed by atoms with Gasteiger partial charge in [-0.15, -0.1) is 0 Å². The summed E-state index contributed by atoms with van der Waals surface area (Å²) in [6.07, 6.45) is 1.27. The minimum atomic E-state index is -0.224. The number of carbonyl (C=O) groups excluding carboxylic acids is 2. The predicted octanol–water partition coefficient (Wildman–Crippen LogP) is -0.0754. The number of hydrogen-bond donors (Lipinski definition) is 1. The molecule has 0 spiro atoms. The molecule has 0 aromatic rings. The highest BCUT2D eigenvalue weighted by atomic mass is 16.5. The van der Waals surface area contributed by atoms with Crippen LogP contribution in [0.1, 0.15) is 19.8 Å². The zero-order valence-electron chi connectivity index (χ0n) is 12.5. The Labute approximate surface area is 115 Å². The number of nitrogens with two attached hydrogens (primary N) is 1. The molecule has 112 valence electrons. The summed E-state index contributed by atoms with van der Waals surface area (Å²) in [4.78, 5) is 26.7. The topological polar surface area (TPSA) is 75.9 Å². The maximum Gasteiger partial charge on any atom is 0.309 e. The first kappa shape index (κ1) is 17.9. The minimum absolute atomic E-state index is 0.103. The van der Waals surface area contributed by atoms with Crippen molar-refractivity contribution in [1.29, 1.82) is 0 Å². The molecule has 0 saturated carbocycles. The van der Waals surface area contributed by atoms with Gasteiger partial charge in [0, 0.05) is 33.1 Å². The van der Waals surface area contributed by atoms with Crippen LogP contribution in [-0.4, -0.2) is 69.1 Å². The summed E-state index contributed by atoms with van der Waals surface area (Å²) in [6, 6.07) is 0. The van der Waals surface area contributed by atoms with E-state index in [1.54, 1.807) is 11.9 Å². The van der Waals surface area contributed by atoms with Crippen molar-refractivity contribution < 1.29 is 14.3 Å². The molecule has 0 aliphatic carbocycles. The van der Waals surface area contributed by atoms with Crippen LogP contribution in [0.2, 0.25) is 0 Å². The van der Waals surface area contributed by atoms with E-state index >= 15 is 0 Å². The van der Waals surface area contributed by atoms with Gasteiger partial charge in [-0.1, -0.05) is 6.92 Å². The first-order chi connectivity index (χ1) is 8.92. The number of rotatable bonds is 9. The van der Waals surface area contributed by atoms with Gasteiger partial charge in [0.2, 0.25) is 5.91 Å². The van der Waals surface area contributed by atoms with Crippen molar-refractivity contribution in [3.8, 4) is 0 Å². The lowest BCUT2D eigenvalue weighted by Crippen LogP contribution is -2.34. The second-order valence-corrected chi connectivity index (χ2v) is 4.89. The largest absolute Gasteiger partial charge is 0.469 e. The number of methoxy groups -OCH3 is 1. The molecule has 0 saturated heterocycles. The van der Waals surface area contributed by atoms with Gasteiger partial charge < -0.3 is 20.3 Å². The van der Waals surface area contributed by atoms with Crippen LogP contribution in [0.5, 0.6) is 0 Å². The summed E-state index contributed by atoms with van der Waals surface area (Å²) in [7, 11) is 5.07. The lowest BCUT2D eigenvalue weighted by Gasteiger charge is -2.22. The van der Waals surface area contributed by atoms with Crippen molar-refractivity contribution in [1.82, 2.24) is 9.80 Å². The van der Waals surface area contributed by atoms with Gasteiger partial charge in [0.15, 0.2) is 0 Å². The number of carbonyl (C=O) groups is 2. The van der Waals surface area contributed by atoms with Gasteiger partial charge in [-0.3, -0.25) is 9.59 Å². The molecule has 2 N–H and O–H groups in total. The number of ether oxygens (including phenoxy) is 1. The maximum atomic E-state index is 11.8. The van der Waals surface area contributed by atoms with E-state index in [1.165, 1.54) is 7.11 Å². The summed E-state index contributed by atoms with van der Waals surface area (Å²) in [6.45, 7) is 4.32. The van der Waals surface area contributed by atoms with Gasteiger partial charge in [-0.2, -0.15) is 0 Å². The molecule has 0 fully saturated rings. The number of esters is 1. The van der Waals surface area contributed by atoms with E-state index in [2.05, 4.69) is 4.74 Å². The molecule has 6 nitrogen and oxygen atoms in total. The van der Waals surface area contributed by atoms with Crippen LogP contribution < -0.4 is 5.73 Å². The van der Waals surface area contributed by atoms with E-state index in [-0.39, 0.29) is 17.8 Å². The van der Waals surface area contributed by atoms with Gasteiger partial charge in [0.1, 0.15) is 0 Å². The zero-order chi connectivity index (χ0) is 14.8. The van der Waals surface area contributed by atoms with Gasteiger partial charge in [-0.25, -0.2) is 0 Å². The van der Waals surface area contributed by atoms with Crippen molar-refractivity contribution in [3.63, 3.8) is 0 Å². The van der Waals surface area contributed by atoms with Crippen LogP contribution in [0.15, 0.2) is 0 Å². The average Bonchev–Trinajstić information content (AvgIpc) is 2.40. The van der Waals surface area contributed by atoms with Crippen LogP contribution in [0.3, 0.4) is 0 Å². The molecular formula is C13H27N3O3. The van der Waals surface area contributed by atoms with Crippen LogP contribution >= 0.6 is 0 Å². The Morgan fingerprint density at radius 2 is 1.89 bits per heavy atom. The molecular weight excluding hydrogens is 246 g/mol. The quantitative estimate of drug-likeness (QED) is 0.595. The number of nitrogens with zero attached hydrogens (tertiary/aromatic N) is 2. The first-order valence-corrected chi connectivity index (χ1v) is 6.62. The van der Waals surface area contributed by atoms with Crippen LogP contribution in [0.25, 0.3) is 0 Å². The summed E-state index contributed by atoms with van der Waals surface area (Å²) < 4.78 is 4.67. The first-order valence-electron chi connectivity index (χ1n) is 6.62. The van der Waals surface area contributed by atoms with Gasteiger partial charge in [0.25, 0.3) is 0 Å². The van der Waals surface area contributed by atoms with E-state index in [9.17, 15) is 9.59 Å². The summed E-state index contributed by atoms with van der Waals surface area (Å²) in [5.41, 5.74) is 5.41. The average molecular weight is 273 g/mol. The third-order valence-electron chi connectivity index (χ3n) is 3.02. The molecule has 6 heteroatoms. The molecule has 0 heterocycles. The Hall–Kier alpha value is -1.14. The summed E-state index contributed by atoms with van der Waals surface area (Å²) >= 11 is 0. The molecule has 0 aromatic carbocycles. The highest BCUT2D eigenvalue weighted by Gasteiger charge is 2.16. The van der Waals surface area contributed by atoms with Gasteiger partial charge >= 0.3 is 5.97 Å². The molecule has 0 aromatic heterocycles. The van der Waals surface area contributed by atoms with Crippen LogP contribution in [-0.2, 0) is 14.3 Å². The van der Waals surface area contributed by atoms with E-state index in [4.69, 9.17) is 5.73 Å². The third-order valence-corrected chi connectivity index (χ3v) is 3.02. The highest BCUT2D eigenvalue weighted by molar-refractivity contribution is 5.76. The van der Waals surface area contributed by atoms with Crippen molar-refractivity contribution in [3.05, 3.63) is 0 Å². The fourth-order valence-electron chi connectivity index (χ4n) is 1.77. The van der Waals surface area contributed by atoms with E-state index in [0.717, 1.165) is 6.42 Å². The standard InChI is InChI=1S/C13H27N3O3/c1-11(13(18)19-4)10-15(2)9-6-12(17)16(3)8-5-7-14/h11H,5-10,14H2,1-4H3. The fourth-order valence-corrected chi connectivity index (χ4v) is 1.77. The molecule has 1 amide bonds. The molecule has 0 aliphatic heterocycles. The summed E-state index contributed by atoms with van der Waals surface area (Å²) in [5.74, 6) is -0.302.